The number of halogens is 1. The standard InChI is InChI=1S/C24H21ClN2O2/c1-3-15(2)18-8-13-22-21(14-18)27-24(29-22)17-6-11-20(12-7-17)26-23(28)16-4-9-19(25)10-5-16/h4-15H,3H2,1-2H3,(H,26,28). The molecule has 1 heterocycles. The molecule has 1 N–H and O–H groups in total. The van der Waals surface area contributed by atoms with Crippen molar-refractivity contribution in [3.05, 3.63) is 82.9 Å². The number of rotatable bonds is 5. The Bertz CT molecular complexity index is 1150. The van der Waals surface area contributed by atoms with Gasteiger partial charge in [0.1, 0.15) is 5.52 Å². The maximum absolute atomic E-state index is 12.3. The number of nitrogens with zero attached hydrogens (tertiary/aromatic N) is 1. The molecule has 5 heteroatoms. The van der Waals surface area contributed by atoms with Gasteiger partial charge in [-0.05, 0) is 78.6 Å². The van der Waals surface area contributed by atoms with Gasteiger partial charge in [0.05, 0.1) is 0 Å². The van der Waals surface area contributed by atoms with E-state index in [9.17, 15) is 4.79 Å². The Balaban J connectivity index is 1.52. The maximum Gasteiger partial charge on any atom is 0.255 e. The number of fused-ring (bicyclic) bond motifs is 1. The van der Waals surface area contributed by atoms with E-state index in [-0.39, 0.29) is 5.91 Å². The van der Waals surface area contributed by atoms with E-state index in [0.29, 0.717) is 28.1 Å². The first-order chi connectivity index (χ1) is 14.0. The van der Waals surface area contributed by atoms with Crippen LogP contribution >= 0.6 is 11.6 Å². The number of benzene rings is 3. The van der Waals surface area contributed by atoms with Crippen LogP contribution in [0.4, 0.5) is 5.69 Å². The van der Waals surface area contributed by atoms with Gasteiger partial charge in [0.2, 0.25) is 5.89 Å². The van der Waals surface area contributed by atoms with Crippen molar-refractivity contribution in [2.45, 2.75) is 26.2 Å². The second-order valence-electron chi connectivity index (χ2n) is 7.09. The Hall–Kier alpha value is -3.11. The largest absolute Gasteiger partial charge is 0.436 e. The van der Waals surface area contributed by atoms with Crippen LogP contribution in [0.3, 0.4) is 0 Å². The summed E-state index contributed by atoms with van der Waals surface area (Å²) in [5.41, 5.74) is 5.00. The van der Waals surface area contributed by atoms with Crippen molar-refractivity contribution in [1.29, 1.82) is 0 Å². The van der Waals surface area contributed by atoms with E-state index in [1.807, 2.05) is 30.3 Å². The molecule has 29 heavy (non-hydrogen) atoms. The van der Waals surface area contributed by atoms with Crippen molar-refractivity contribution in [2.75, 3.05) is 5.32 Å². The molecule has 0 aliphatic carbocycles. The van der Waals surface area contributed by atoms with Crippen LogP contribution in [0.25, 0.3) is 22.6 Å². The normalized spacial score (nSPS) is 12.1. The molecule has 146 valence electrons. The molecule has 0 aliphatic heterocycles. The zero-order valence-corrected chi connectivity index (χ0v) is 17.0. The highest BCUT2D eigenvalue weighted by molar-refractivity contribution is 6.30. The van der Waals surface area contributed by atoms with Gasteiger partial charge in [0, 0.05) is 21.8 Å². The molecule has 1 atom stereocenters. The van der Waals surface area contributed by atoms with Crippen molar-refractivity contribution in [1.82, 2.24) is 4.98 Å². The minimum absolute atomic E-state index is 0.186. The van der Waals surface area contributed by atoms with E-state index in [1.54, 1.807) is 24.3 Å². The van der Waals surface area contributed by atoms with Crippen LogP contribution in [0.15, 0.2) is 71.1 Å². The summed E-state index contributed by atoms with van der Waals surface area (Å²) in [6, 6.07) is 20.4. The number of aromatic nitrogens is 1. The van der Waals surface area contributed by atoms with Gasteiger partial charge in [-0.3, -0.25) is 4.79 Å². The highest BCUT2D eigenvalue weighted by atomic mass is 35.5. The Kier molecular flexibility index (Phi) is 5.36. The minimum Gasteiger partial charge on any atom is -0.436 e. The summed E-state index contributed by atoms with van der Waals surface area (Å²) in [6.45, 7) is 4.38. The first-order valence-electron chi connectivity index (χ1n) is 9.61. The Morgan fingerprint density at radius 3 is 2.48 bits per heavy atom. The highest BCUT2D eigenvalue weighted by Gasteiger charge is 2.12. The Morgan fingerprint density at radius 2 is 1.79 bits per heavy atom. The van der Waals surface area contributed by atoms with E-state index in [0.717, 1.165) is 23.1 Å². The van der Waals surface area contributed by atoms with Crippen molar-refractivity contribution >= 4 is 34.3 Å². The number of carbonyl (C=O) groups excluding carboxylic acids is 1. The molecule has 4 nitrogen and oxygen atoms in total. The molecular formula is C24H21ClN2O2. The van der Waals surface area contributed by atoms with Crippen molar-refractivity contribution in [3.8, 4) is 11.5 Å². The number of anilines is 1. The summed E-state index contributed by atoms with van der Waals surface area (Å²) in [5, 5.41) is 3.47. The highest BCUT2D eigenvalue weighted by Crippen LogP contribution is 2.28. The van der Waals surface area contributed by atoms with Crippen LogP contribution < -0.4 is 5.32 Å². The fourth-order valence-corrected chi connectivity index (χ4v) is 3.24. The molecule has 0 radical (unpaired) electrons. The second kappa shape index (κ2) is 8.10. The predicted molar refractivity (Wildman–Crippen MR) is 118 cm³/mol. The van der Waals surface area contributed by atoms with Gasteiger partial charge in [-0.15, -0.1) is 0 Å². The van der Waals surface area contributed by atoms with Crippen LogP contribution in [0, 0.1) is 0 Å². The topological polar surface area (TPSA) is 55.1 Å². The van der Waals surface area contributed by atoms with Crippen LogP contribution in [-0.2, 0) is 0 Å². The first-order valence-corrected chi connectivity index (χ1v) is 9.99. The number of amides is 1. The molecule has 4 aromatic rings. The third-order valence-electron chi connectivity index (χ3n) is 5.09. The van der Waals surface area contributed by atoms with Gasteiger partial charge in [-0.25, -0.2) is 4.98 Å². The number of nitrogens with one attached hydrogen (secondary N) is 1. The Morgan fingerprint density at radius 1 is 1.07 bits per heavy atom. The van der Waals surface area contributed by atoms with Gasteiger partial charge in [-0.1, -0.05) is 31.5 Å². The summed E-state index contributed by atoms with van der Waals surface area (Å²) in [7, 11) is 0. The van der Waals surface area contributed by atoms with Gasteiger partial charge in [-0.2, -0.15) is 0 Å². The summed E-state index contributed by atoms with van der Waals surface area (Å²) < 4.78 is 5.91. The molecule has 3 aromatic carbocycles. The fourth-order valence-electron chi connectivity index (χ4n) is 3.11. The first kappa shape index (κ1) is 19.2. The van der Waals surface area contributed by atoms with E-state index in [1.165, 1.54) is 5.56 Å². The molecule has 0 bridgehead atoms. The molecule has 4 rings (SSSR count). The van der Waals surface area contributed by atoms with Gasteiger partial charge < -0.3 is 9.73 Å². The van der Waals surface area contributed by atoms with Gasteiger partial charge >= 0.3 is 0 Å². The molecule has 1 amide bonds. The third-order valence-corrected chi connectivity index (χ3v) is 5.34. The molecule has 0 saturated carbocycles. The average Bonchev–Trinajstić information content (AvgIpc) is 3.17. The molecule has 0 saturated heterocycles. The summed E-state index contributed by atoms with van der Waals surface area (Å²) in [5.74, 6) is 0.869. The molecule has 0 aliphatic rings. The molecule has 0 fully saturated rings. The third kappa shape index (κ3) is 4.17. The van der Waals surface area contributed by atoms with E-state index in [2.05, 4.69) is 36.3 Å². The summed E-state index contributed by atoms with van der Waals surface area (Å²) in [4.78, 5) is 17.0. The van der Waals surface area contributed by atoms with Crippen LogP contribution in [0.2, 0.25) is 5.02 Å². The lowest BCUT2D eigenvalue weighted by Crippen LogP contribution is -2.11. The van der Waals surface area contributed by atoms with Crippen LogP contribution in [0.5, 0.6) is 0 Å². The zero-order chi connectivity index (χ0) is 20.4. The summed E-state index contributed by atoms with van der Waals surface area (Å²) in [6.07, 6.45) is 1.08. The number of oxazole rings is 1. The van der Waals surface area contributed by atoms with Crippen molar-refractivity contribution < 1.29 is 9.21 Å². The van der Waals surface area contributed by atoms with E-state index in [4.69, 9.17) is 16.0 Å². The monoisotopic (exact) mass is 404 g/mol. The molecular weight excluding hydrogens is 384 g/mol. The Labute approximate surface area is 174 Å². The van der Waals surface area contributed by atoms with Crippen LogP contribution in [-0.4, -0.2) is 10.9 Å². The predicted octanol–water partition coefficient (Wildman–Crippen LogP) is 6.91. The average molecular weight is 405 g/mol. The van der Waals surface area contributed by atoms with Gasteiger partial charge in [0.15, 0.2) is 5.58 Å². The lowest BCUT2D eigenvalue weighted by atomic mass is 9.98. The maximum atomic E-state index is 12.3. The minimum atomic E-state index is -0.186. The second-order valence-corrected chi connectivity index (χ2v) is 7.53. The summed E-state index contributed by atoms with van der Waals surface area (Å²) >= 11 is 5.87. The number of hydrogen-bond donors (Lipinski definition) is 1. The zero-order valence-electron chi connectivity index (χ0n) is 16.3. The lowest BCUT2D eigenvalue weighted by molar-refractivity contribution is 0.102. The van der Waals surface area contributed by atoms with E-state index < -0.39 is 0 Å². The van der Waals surface area contributed by atoms with Crippen molar-refractivity contribution in [3.63, 3.8) is 0 Å². The van der Waals surface area contributed by atoms with Crippen molar-refractivity contribution in [2.24, 2.45) is 0 Å². The van der Waals surface area contributed by atoms with Crippen LogP contribution in [0.1, 0.15) is 42.1 Å². The molecule has 1 aromatic heterocycles. The molecule has 0 spiro atoms. The number of hydrogen-bond acceptors (Lipinski definition) is 3. The lowest BCUT2D eigenvalue weighted by Gasteiger charge is -2.07. The van der Waals surface area contributed by atoms with Gasteiger partial charge in [0.25, 0.3) is 5.91 Å². The smallest absolute Gasteiger partial charge is 0.255 e. The van der Waals surface area contributed by atoms with E-state index >= 15 is 0 Å². The molecule has 1 unspecified atom stereocenters. The fraction of sp³-hybridized carbons (Fsp3) is 0.167. The quantitative estimate of drug-likeness (QED) is 0.393. The SMILES string of the molecule is CCC(C)c1ccc2oc(-c3ccc(NC(=O)c4ccc(Cl)cc4)cc3)nc2c1. The number of carbonyl (C=O) groups is 1.